The van der Waals surface area contributed by atoms with Crippen LogP contribution >= 0.6 is 46.4 Å². The Labute approximate surface area is 291 Å². The minimum atomic E-state index is -1.58. The molecule has 1 saturated heterocycles. The van der Waals surface area contributed by atoms with Gasteiger partial charge in [-0.2, -0.15) is 0 Å². The molecule has 1 heterocycles. The maximum atomic E-state index is 15.9. The lowest BCUT2D eigenvalue weighted by Gasteiger charge is -2.39. The molecular formula is C39H23Cl4NO3. The quantitative estimate of drug-likeness (QED) is 0.172. The molecule has 0 spiro atoms. The lowest BCUT2D eigenvalue weighted by Crippen LogP contribution is -2.45. The van der Waals surface area contributed by atoms with Crippen molar-refractivity contribution in [3.63, 3.8) is 0 Å². The van der Waals surface area contributed by atoms with E-state index in [-0.39, 0.29) is 16.5 Å². The normalized spacial score (nSPS) is 24.8. The van der Waals surface area contributed by atoms with E-state index in [0.29, 0.717) is 37.3 Å². The second-order valence-electron chi connectivity index (χ2n) is 12.0. The van der Waals surface area contributed by atoms with Crippen molar-refractivity contribution >= 4 is 80.8 Å². The zero-order chi connectivity index (χ0) is 32.7. The van der Waals surface area contributed by atoms with Gasteiger partial charge in [-0.3, -0.25) is 14.4 Å². The van der Waals surface area contributed by atoms with Crippen molar-refractivity contribution in [1.82, 2.24) is 0 Å². The van der Waals surface area contributed by atoms with Crippen LogP contribution in [0.1, 0.15) is 22.3 Å². The van der Waals surface area contributed by atoms with Crippen LogP contribution in [0.25, 0.3) is 11.1 Å². The van der Waals surface area contributed by atoms with Gasteiger partial charge in [0.2, 0.25) is 11.8 Å². The Morgan fingerprint density at radius 1 is 0.489 bits per heavy atom. The highest BCUT2D eigenvalue weighted by molar-refractivity contribution is 6.42. The highest BCUT2D eigenvalue weighted by atomic mass is 35.5. The summed E-state index contributed by atoms with van der Waals surface area (Å²) in [6, 6.07) is 37.9. The van der Waals surface area contributed by atoms with Gasteiger partial charge in [0.05, 0.1) is 33.4 Å². The number of allylic oxidation sites excluding steroid dienone is 2. The molecule has 2 bridgehead atoms. The van der Waals surface area contributed by atoms with Crippen LogP contribution in [0.5, 0.6) is 0 Å². The van der Waals surface area contributed by atoms with E-state index >= 15 is 14.4 Å². The summed E-state index contributed by atoms with van der Waals surface area (Å²) in [6.45, 7) is 0. The van der Waals surface area contributed by atoms with Crippen molar-refractivity contribution in [2.24, 2.45) is 11.8 Å². The van der Waals surface area contributed by atoms with Crippen molar-refractivity contribution in [3.05, 3.63) is 170 Å². The number of nitrogens with zero attached hydrogens (tertiary/aromatic N) is 1. The average Bonchev–Trinajstić information content (AvgIpc) is 3.59. The molecule has 2 fully saturated rings. The highest BCUT2D eigenvalue weighted by Crippen LogP contribution is 2.74. The summed E-state index contributed by atoms with van der Waals surface area (Å²) in [4.78, 5) is 47.2. The molecule has 0 unspecified atom stereocenters. The number of hydrogen-bond donors (Lipinski definition) is 0. The van der Waals surface area contributed by atoms with Gasteiger partial charge in [0.25, 0.3) is 0 Å². The van der Waals surface area contributed by atoms with Crippen molar-refractivity contribution in [2.45, 2.75) is 10.8 Å². The van der Waals surface area contributed by atoms with Gasteiger partial charge in [-0.25, -0.2) is 4.90 Å². The number of carbonyl (C=O) groups excluding carboxylic acids is 3. The summed E-state index contributed by atoms with van der Waals surface area (Å²) in [6.07, 6.45) is 0. The molecule has 1 saturated carbocycles. The second-order valence-corrected chi connectivity index (χ2v) is 13.7. The first-order valence-corrected chi connectivity index (χ1v) is 16.5. The molecule has 3 aliphatic rings. The molecule has 230 valence electrons. The second kappa shape index (κ2) is 10.9. The van der Waals surface area contributed by atoms with Crippen molar-refractivity contribution in [2.75, 3.05) is 4.90 Å². The largest absolute Gasteiger partial charge is 0.297 e. The maximum absolute atomic E-state index is 15.9. The fourth-order valence-electron chi connectivity index (χ4n) is 8.25. The zero-order valence-corrected chi connectivity index (χ0v) is 27.5. The summed E-state index contributed by atoms with van der Waals surface area (Å²) < 4.78 is 0. The maximum Gasteiger partial charge on any atom is 0.239 e. The standard InChI is InChI=1S/C39H23Cl4NO3/c40-26-15-11-24(12-16-26)38-31(22-7-3-1-4-8-22)32(23-9-5-2-6-10-23)39(37(38)47,25-13-17-27(41)18-14-25)34-33(38)35(45)44(36(34)46)30-21-28(42)19-20-29(30)43/h1-21,33-34H/t33-,34-,38+,39+/m1/s1. The van der Waals surface area contributed by atoms with E-state index in [2.05, 4.69) is 0 Å². The van der Waals surface area contributed by atoms with E-state index in [1.165, 1.54) is 6.07 Å². The van der Waals surface area contributed by atoms with Crippen LogP contribution in [0.4, 0.5) is 5.69 Å². The highest BCUT2D eigenvalue weighted by Gasteiger charge is 2.82. The van der Waals surface area contributed by atoms with Gasteiger partial charge in [-0.1, -0.05) is 131 Å². The molecule has 0 radical (unpaired) electrons. The number of benzene rings is 5. The first-order chi connectivity index (χ1) is 22.7. The first-order valence-electron chi connectivity index (χ1n) is 15.0. The van der Waals surface area contributed by atoms with Crippen LogP contribution in [0.2, 0.25) is 20.1 Å². The van der Waals surface area contributed by atoms with Gasteiger partial charge < -0.3 is 0 Å². The van der Waals surface area contributed by atoms with Crippen LogP contribution in [0.3, 0.4) is 0 Å². The molecular weight excluding hydrogens is 672 g/mol. The Balaban J connectivity index is 1.56. The number of amides is 2. The van der Waals surface area contributed by atoms with Gasteiger partial charge in [-0.15, -0.1) is 0 Å². The number of hydrogen-bond acceptors (Lipinski definition) is 3. The summed E-state index contributed by atoms with van der Waals surface area (Å²) in [5.74, 6) is -3.53. The molecule has 0 N–H and O–H groups in total. The molecule has 0 aromatic heterocycles. The van der Waals surface area contributed by atoms with Crippen LogP contribution < -0.4 is 4.90 Å². The Bertz CT molecular complexity index is 2020. The first kappa shape index (κ1) is 30.2. The summed E-state index contributed by atoms with van der Waals surface area (Å²) in [5.41, 5.74) is 1.05. The molecule has 5 aromatic carbocycles. The molecule has 8 heteroatoms. The smallest absolute Gasteiger partial charge is 0.239 e. The van der Waals surface area contributed by atoms with Gasteiger partial charge in [0.1, 0.15) is 0 Å². The van der Waals surface area contributed by atoms with Gasteiger partial charge in [0, 0.05) is 15.1 Å². The van der Waals surface area contributed by atoms with Crippen LogP contribution in [-0.2, 0) is 25.2 Å². The summed E-state index contributed by atoms with van der Waals surface area (Å²) in [5, 5.41) is 1.46. The average molecular weight is 695 g/mol. The molecule has 1 aliphatic heterocycles. The third-order valence-corrected chi connectivity index (χ3v) is 10.9. The van der Waals surface area contributed by atoms with Gasteiger partial charge >= 0.3 is 0 Å². The third-order valence-electron chi connectivity index (χ3n) is 9.87. The lowest BCUT2D eigenvalue weighted by molar-refractivity contribution is -0.130. The number of rotatable bonds is 5. The Morgan fingerprint density at radius 2 is 0.894 bits per heavy atom. The molecule has 47 heavy (non-hydrogen) atoms. The van der Waals surface area contributed by atoms with Crippen molar-refractivity contribution in [1.29, 1.82) is 0 Å². The number of fused-ring (bicyclic) bond motifs is 5. The van der Waals surface area contributed by atoms with E-state index in [1.807, 2.05) is 60.7 Å². The van der Waals surface area contributed by atoms with E-state index in [4.69, 9.17) is 46.4 Å². The van der Waals surface area contributed by atoms with Crippen LogP contribution in [0.15, 0.2) is 127 Å². The van der Waals surface area contributed by atoms with Gasteiger partial charge in [-0.05, 0) is 75.9 Å². The molecule has 2 aliphatic carbocycles. The summed E-state index contributed by atoms with van der Waals surface area (Å²) >= 11 is 25.9. The topological polar surface area (TPSA) is 54.5 Å². The van der Waals surface area contributed by atoms with Crippen molar-refractivity contribution < 1.29 is 14.4 Å². The molecule has 4 atom stereocenters. The minimum absolute atomic E-state index is 0.176. The Kier molecular flexibility index (Phi) is 7.02. The van der Waals surface area contributed by atoms with Crippen LogP contribution in [0, 0.1) is 11.8 Å². The monoisotopic (exact) mass is 693 g/mol. The number of Topliss-reactive ketones (excluding diaryl/α,β-unsaturated/α-hetero) is 1. The number of carbonyl (C=O) groups is 3. The van der Waals surface area contributed by atoms with E-state index < -0.39 is 34.5 Å². The Morgan fingerprint density at radius 3 is 1.32 bits per heavy atom. The van der Waals surface area contributed by atoms with E-state index in [9.17, 15) is 0 Å². The number of imide groups is 1. The fourth-order valence-corrected chi connectivity index (χ4v) is 8.87. The Hall–Kier alpha value is -4.19. The predicted molar refractivity (Wildman–Crippen MR) is 187 cm³/mol. The number of halogens is 4. The number of anilines is 1. The molecule has 5 aromatic rings. The molecule has 2 amide bonds. The summed E-state index contributed by atoms with van der Waals surface area (Å²) in [7, 11) is 0. The van der Waals surface area contributed by atoms with E-state index in [0.717, 1.165) is 16.0 Å². The van der Waals surface area contributed by atoms with Crippen molar-refractivity contribution in [3.8, 4) is 0 Å². The molecule has 8 rings (SSSR count). The van der Waals surface area contributed by atoms with Crippen LogP contribution in [-0.4, -0.2) is 17.6 Å². The third kappa shape index (κ3) is 3.99. The molecule has 4 nitrogen and oxygen atoms in total. The van der Waals surface area contributed by atoms with Gasteiger partial charge in [0.15, 0.2) is 5.78 Å². The lowest BCUT2D eigenvalue weighted by atomic mass is 9.59. The predicted octanol–water partition coefficient (Wildman–Crippen LogP) is 9.49. The minimum Gasteiger partial charge on any atom is -0.297 e. The SMILES string of the molecule is O=C1[C@H]2[C@H](C(=O)N1c1cc(Cl)ccc1Cl)[C@@]1(c3ccc(Cl)cc3)C(=O)[C@@]2(c2ccc(Cl)cc2)C(c2ccccc2)=C1c1ccccc1. The zero-order valence-electron chi connectivity index (χ0n) is 24.5. The fraction of sp³-hybridized carbons (Fsp3) is 0.103. The number of ketones is 1. The van der Waals surface area contributed by atoms with E-state index in [1.54, 1.807) is 60.7 Å².